The maximum atomic E-state index is 11.9. The molecule has 0 aromatic heterocycles. The van der Waals surface area contributed by atoms with Crippen LogP contribution in [0.25, 0.3) is 0 Å². The molecule has 0 spiro atoms. The summed E-state index contributed by atoms with van der Waals surface area (Å²) < 4.78 is 0. The molecule has 0 heterocycles. The number of nitriles is 1. The zero-order chi connectivity index (χ0) is 20.7. The van der Waals surface area contributed by atoms with E-state index >= 15 is 0 Å². The fourth-order valence-corrected chi connectivity index (χ4v) is 8.64. The number of carbonyl (C=O) groups is 1. The normalized spacial score (nSPS) is 11.9. The minimum atomic E-state index is -2.51. The van der Waals surface area contributed by atoms with Crippen molar-refractivity contribution in [2.24, 2.45) is 0 Å². The number of nitrogens with zero attached hydrogens (tertiary/aromatic N) is 1. The van der Waals surface area contributed by atoms with Gasteiger partial charge in [0, 0.05) is 6.92 Å². The van der Waals surface area contributed by atoms with Gasteiger partial charge in [0.1, 0.15) is 27.0 Å². The number of nitrogens with one attached hydrogen (secondary N) is 1. The van der Waals surface area contributed by atoms with Gasteiger partial charge in [-0.05, 0) is 42.7 Å². The van der Waals surface area contributed by atoms with Gasteiger partial charge >= 0.3 is 0 Å². The van der Waals surface area contributed by atoms with E-state index in [1.807, 2.05) is 60.9 Å². The van der Waals surface area contributed by atoms with Crippen LogP contribution >= 0.6 is 19.0 Å². The fraction of sp³-hybridized carbons (Fsp3) is 0.0833. The summed E-state index contributed by atoms with van der Waals surface area (Å²) in [6.45, 7) is 1.47. The number of carbonyl (C=O) groups excluding carboxylic acids is 1. The van der Waals surface area contributed by atoms with Crippen molar-refractivity contribution in [3.63, 3.8) is 0 Å². The zero-order valence-electron chi connectivity index (χ0n) is 16.4. The van der Waals surface area contributed by atoms with Gasteiger partial charge in [0.05, 0.1) is 0 Å². The van der Waals surface area contributed by atoms with Gasteiger partial charge in [0.25, 0.3) is 0 Å². The third-order valence-corrected chi connectivity index (χ3v) is 9.66. The Morgan fingerprint density at radius 3 is 1.48 bits per heavy atom. The van der Waals surface area contributed by atoms with Gasteiger partial charge in [0.2, 0.25) is 11.2 Å². The van der Waals surface area contributed by atoms with Crippen LogP contribution in [0.15, 0.2) is 101 Å². The first-order valence-corrected chi connectivity index (χ1v) is 12.2. The maximum absolute atomic E-state index is 11.9. The molecule has 3 rings (SSSR count). The molecule has 3 nitrogen and oxygen atoms in total. The first-order chi connectivity index (χ1) is 14.1. The molecule has 3 aromatic rings. The highest BCUT2D eigenvalue weighted by Crippen LogP contribution is 2.63. The van der Waals surface area contributed by atoms with Crippen LogP contribution in [-0.2, 0) is 4.79 Å². The number of hydrogen-bond acceptors (Lipinski definition) is 3. The summed E-state index contributed by atoms with van der Waals surface area (Å²) in [5, 5.41) is 17.7. The smallest absolute Gasteiger partial charge is 0.221 e. The molecular weight excluding hydrogens is 395 g/mol. The minimum absolute atomic E-state index is 0.186. The highest BCUT2D eigenvalue weighted by Gasteiger charge is 2.51. The van der Waals surface area contributed by atoms with Crippen molar-refractivity contribution in [3.8, 4) is 6.07 Å². The Hall–Kier alpha value is -2.86. The van der Waals surface area contributed by atoms with E-state index in [0.717, 1.165) is 15.9 Å². The molecule has 0 aliphatic rings. The molecule has 0 saturated heterocycles. The first-order valence-electron chi connectivity index (χ1n) is 9.17. The summed E-state index contributed by atoms with van der Waals surface area (Å²) in [7, 11) is -2.51. The van der Waals surface area contributed by atoms with E-state index in [9.17, 15) is 10.1 Å². The summed E-state index contributed by atoms with van der Waals surface area (Å²) in [6.07, 6.45) is 1.89. The summed E-state index contributed by atoms with van der Waals surface area (Å²) in [6, 6.07) is 32.9. The maximum Gasteiger partial charge on any atom is 0.221 e. The van der Waals surface area contributed by atoms with Crippen molar-refractivity contribution in [2.75, 3.05) is 6.26 Å². The second-order valence-corrected chi connectivity index (χ2v) is 10.5. The Bertz CT molecular complexity index is 948. The van der Waals surface area contributed by atoms with Gasteiger partial charge in [-0.25, -0.2) is 0 Å². The SMILES string of the molecule is CSC(NC(C)=O)=C(C#N)[P+](c1ccccc1)(c1ccccc1)c1ccccc1. The van der Waals surface area contributed by atoms with Gasteiger partial charge in [-0.15, -0.1) is 11.8 Å². The molecule has 1 amide bonds. The van der Waals surface area contributed by atoms with Gasteiger partial charge in [-0.2, -0.15) is 5.26 Å². The van der Waals surface area contributed by atoms with Crippen LogP contribution in [0.3, 0.4) is 0 Å². The van der Waals surface area contributed by atoms with Crippen LogP contribution < -0.4 is 21.2 Å². The van der Waals surface area contributed by atoms with Gasteiger partial charge < -0.3 is 5.32 Å². The first kappa shape index (κ1) is 20.9. The van der Waals surface area contributed by atoms with Gasteiger partial charge in [0.15, 0.2) is 7.26 Å². The van der Waals surface area contributed by atoms with Crippen LogP contribution in [-0.4, -0.2) is 12.2 Å². The Morgan fingerprint density at radius 1 is 0.828 bits per heavy atom. The average molecular weight is 417 g/mol. The van der Waals surface area contributed by atoms with E-state index in [1.54, 1.807) is 0 Å². The van der Waals surface area contributed by atoms with Crippen LogP contribution in [0.4, 0.5) is 0 Å². The van der Waals surface area contributed by atoms with E-state index in [0.29, 0.717) is 10.3 Å². The van der Waals surface area contributed by atoms with Crippen LogP contribution in [0.2, 0.25) is 0 Å². The van der Waals surface area contributed by atoms with Crippen molar-refractivity contribution in [2.45, 2.75) is 6.92 Å². The molecule has 0 aliphatic heterocycles. The molecule has 0 unspecified atom stereocenters. The number of thioether (sulfide) groups is 1. The number of hydrogen-bond donors (Lipinski definition) is 1. The molecule has 29 heavy (non-hydrogen) atoms. The van der Waals surface area contributed by atoms with Crippen LogP contribution in [0.5, 0.6) is 0 Å². The average Bonchev–Trinajstić information content (AvgIpc) is 2.78. The lowest BCUT2D eigenvalue weighted by atomic mass is 10.4. The summed E-state index contributed by atoms with van der Waals surface area (Å²) in [5.74, 6) is -0.186. The highest BCUT2D eigenvalue weighted by atomic mass is 32.2. The molecule has 0 aliphatic carbocycles. The topological polar surface area (TPSA) is 52.9 Å². The second-order valence-electron chi connectivity index (χ2n) is 6.35. The van der Waals surface area contributed by atoms with E-state index in [4.69, 9.17) is 0 Å². The van der Waals surface area contributed by atoms with Crippen LogP contribution in [0.1, 0.15) is 6.92 Å². The zero-order valence-corrected chi connectivity index (χ0v) is 18.1. The largest absolute Gasteiger partial charge is 0.317 e. The Kier molecular flexibility index (Phi) is 6.88. The molecule has 3 aromatic carbocycles. The summed E-state index contributed by atoms with van der Waals surface area (Å²) in [5.41, 5.74) is 0. The van der Waals surface area contributed by atoms with Crippen LogP contribution in [0, 0.1) is 11.3 Å². The molecule has 0 atom stereocenters. The number of amides is 1. The quantitative estimate of drug-likeness (QED) is 0.484. The molecule has 0 bridgehead atoms. The summed E-state index contributed by atoms with van der Waals surface area (Å²) >= 11 is 1.39. The van der Waals surface area contributed by atoms with Crippen molar-refractivity contribution in [3.05, 3.63) is 101 Å². The summed E-state index contributed by atoms with van der Waals surface area (Å²) in [4.78, 5) is 11.9. The predicted molar refractivity (Wildman–Crippen MR) is 125 cm³/mol. The second kappa shape index (κ2) is 9.56. The fourth-order valence-electron chi connectivity index (χ4n) is 3.43. The third-order valence-electron chi connectivity index (χ3n) is 4.58. The Labute approximate surface area is 176 Å². The number of rotatable bonds is 6. The van der Waals surface area contributed by atoms with E-state index < -0.39 is 7.26 Å². The molecule has 1 N–H and O–H groups in total. The predicted octanol–water partition coefficient (Wildman–Crippen LogP) is 4.17. The lowest BCUT2D eigenvalue weighted by Crippen LogP contribution is -2.34. The van der Waals surface area contributed by atoms with Crippen molar-refractivity contribution in [1.82, 2.24) is 5.32 Å². The number of benzene rings is 3. The number of allylic oxidation sites excluding steroid dienone is 1. The minimum Gasteiger partial charge on any atom is -0.317 e. The van der Waals surface area contributed by atoms with E-state index in [1.165, 1.54) is 18.7 Å². The van der Waals surface area contributed by atoms with Gasteiger partial charge in [-0.1, -0.05) is 54.6 Å². The lowest BCUT2D eigenvalue weighted by molar-refractivity contribution is -0.118. The monoisotopic (exact) mass is 417 g/mol. The van der Waals surface area contributed by atoms with Crippen molar-refractivity contribution >= 4 is 40.8 Å². The molecule has 0 radical (unpaired) electrons. The molecule has 0 saturated carbocycles. The van der Waals surface area contributed by atoms with Crippen molar-refractivity contribution in [1.29, 1.82) is 5.26 Å². The molecule has 144 valence electrons. The Balaban J connectivity index is 2.51. The Morgan fingerprint density at radius 2 is 1.21 bits per heavy atom. The standard InChI is InChI=1S/C24H21N2OPS/c1-19(27)26-24(29-2)23(18-25)28(20-12-6-3-7-13-20,21-14-8-4-9-15-21)22-16-10-5-11-17-22/h3-17H,1-2H3/p+1. The lowest BCUT2D eigenvalue weighted by Gasteiger charge is -2.27. The van der Waals surface area contributed by atoms with Crippen molar-refractivity contribution < 1.29 is 4.79 Å². The molecule has 5 heteroatoms. The van der Waals surface area contributed by atoms with E-state index in [2.05, 4.69) is 47.8 Å². The third kappa shape index (κ3) is 4.12. The van der Waals surface area contributed by atoms with Gasteiger partial charge in [-0.3, -0.25) is 4.79 Å². The molecular formula is C24H22N2OPS+. The highest BCUT2D eigenvalue weighted by molar-refractivity contribution is 8.04. The molecule has 0 fully saturated rings. The van der Waals surface area contributed by atoms with E-state index in [-0.39, 0.29) is 5.91 Å².